The summed E-state index contributed by atoms with van der Waals surface area (Å²) in [5.74, 6) is -2.13. The monoisotopic (exact) mass is 382 g/mol. The van der Waals surface area contributed by atoms with E-state index in [0.29, 0.717) is 5.39 Å². The van der Waals surface area contributed by atoms with Crippen LogP contribution in [-0.4, -0.2) is 23.4 Å². The summed E-state index contributed by atoms with van der Waals surface area (Å²) in [5, 5.41) is 13.6. The summed E-state index contributed by atoms with van der Waals surface area (Å²) in [6.45, 7) is 1.11. The first kappa shape index (κ1) is 18.8. The maximum Gasteiger partial charge on any atom is 0.374 e. The molecule has 1 amide bonds. The summed E-state index contributed by atoms with van der Waals surface area (Å²) in [7, 11) is 0. The van der Waals surface area contributed by atoms with Gasteiger partial charge in [0.1, 0.15) is 11.3 Å². The number of carbonyl (C=O) groups excluding carboxylic acids is 2. The van der Waals surface area contributed by atoms with Gasteiger partial charge in [-0.1, -0.05) is 23.8 Å². The van der Waals surface area contributed by atoms with E-state index in [4.69, 9.17) is 9.15 Å². The van der Waals surface area contributed by atoms with Gasteiger partial charge in [-0.05, 0) is 25.1 Å². The van der Waals surface area contributed by atoms with Gasteiger partial charge in [0.25, 0.3) is 11.6 Å². The highest BCUT2D eigenvalue weighted by atomic mass is 16.6. The minimum atomic E-state index is -1.00. The van der Waals surface area contributed by atoms with Crippen LogP contribution in [0.1, 0.15) is 16.1 Å². The van der Waals surface area contributed by atoms with Crippen LogP contribution in [0.5, 0.6) is 0 Å². The van der Waals surface area contributed by atoms with Crippen LogP contribution >= 0.6 is 0 Å². The molecule has 0 saturated carbocycles. The van der Waals surface area contributed by atoms with E-state index in [1.54, 1.807) is 18.2 Å². The molecule has 0 aliphatic carbocycles. The summed E-state index contributed by atoms with van der Waals surface area (Å²) in [4.78, 5) is 46.5. The number of hydrogen-bond donors (Lipinski definition) is 1. The molecular weight excluding hydrogens is 368 g/mol. The summed E-state index contributed by atoms with van der Waals surface area (Å²) in [6.07, 6.45) is 0. The predicted molar refractivity (Wildman–Crippen MR) is 99.2 cm³/mol. The Bertz CT molecular complexity index is 1150. The van der Waals surface area contributed by atoms with Crippen molar-refractivity contribution in [1.29, 1.82) is 0 Å². The average molecular weight is 382 g/mol. The second kappa shape index (κ2) is 7.70. The van der Waals surface area contributed by atoms with Crippen molar-refractivity contribution >= 4 is 34.2 Å². The summed E-state index contributed by atoms with van der Waals surface area (Å²) in [6, 6.07) is 11.5. The second-order valence-electron chi connectivity index (χ2n) is 5.87. The molecule has 0 bridgehead atoms. The van der Waals surface area contributed by atoms with Crippen molar-refractivity contribution in [2.45, 2.75) is 6.92 Å². The molecule has 0 radical (unpaired) electrons. The molecule has 3 aromatic rings. The van der Waals surface area contributed by atoms with Crippen LogP contribution in [0.15, 0.2) is 57.7 Å². The molecule has 1 N–H and O–H groups in total. The molecule has 3 rings (SSSR count). The molecule has 1 aromatic heterocycles. The lowest BCUT2D eigenvalue weighted by Gasteiger charge is -2.07. The van der Waals surface area contributed by atoms with Crippen molar-refractivity contribution in [2.75, 3.05) is 11.9 Å². The van der Waals surface area contributed by atoms with E-state index in [-0.39, 0.29) is 22.7 Å². The van der Waals surface area contributed by atoms with Crippen LogP contribution < -0.4 is 10.7 Å². The van der Waals surface area contributed by atoms with Crippen molar-refractivity contribution in [3.63, 3.8) is 0 Å². The quantitative estimate of drug-likeness (QED) is 0.408. The van der Waals surface area contributed by atoms with E-state index in [1.807, 2.05) is 6.92 Å². The van der Waals surface area contributed by atoms with Gasteiger partial charge in [-0.25, -0.2) is 4.79 Å². The Hall–Kier alpha value is -4.01. The van der Waals surface area contributed by atoms with Crippen LogP contribution in [-0.2, 0) is 9.53 Å². The zero-order valence-electron chi connectivity index (χ0n) is 14.6. The molecular formula is C19H14N2O7. The fourth-order valence-electron chi connectivity index (χ4n) is 2.50. The third-order valence-electron chi connectivity index (χ3n) is 3.79. The van der Waals surface area contributed by atoms with Crippen molar-refractivity contribution in [3.8, 4) is 0 Å². The molecule has 0 unspecified atom stereocenters. The molecule has 0 spiro atoms. The maximum atomic E-state index is 12.1. The molecule has 0 aliphatic rings. The first-order valence-electron chi connectivity index (χ1n) is 8.10. The highest BCUT2D eigenvalue weighted by Crippen LogP contribution is 2.23. The van der Waals surface area contributed by atoms with E-state index in [0.717, 1.165) is 11.6 Å². The Balaban J connectivity index is 1.70. The van der Waals surface area contributed by atoms with Gasteiger partial charge in [-0.3, -0.25) is 19.7 Å². The summed E-state index contributed by atoms with van der Waals surface area (Å²) >= 11 is 0. The number of nitro benzene ring substituents is 1. The van der Waals surface area contributed by atoms with Gasteiger partial charge in [-0.2, -0.15) is 0 Å². The number of nitrogens with one attached hydrogen (secondary N) is 1. The zero-order valence-corrected chi connectivity index (χ0v) is 14.6. The number of fused-ring (bicyclic) bond motifs is 1. The van der Waals surface area contributed by atoms with Gasteiger partial charge in [0.2, 0.25) is 5.76 Å². The molecule has 9 nitrogen and oxygen atoms in total. The second-order valence-corrected chi connectivity index (χ2v) is 5.87. The standard InChI is InChI=1S/C19H14N2O7/c1-11-6-7-16-12(8-11)15(22)9-17(28-16)19(24)27-10-18(23)20-13-4-2-3-5-14(13)21(25)26/h2-9H,10H2,1H3,(H,20,23). The van der Waals surface area contributed by atoms with Crippen LogP contribution in [0.3, 0.4) is 0 Å². The molecule has 142 valence electrons. The van der Waals surface area contributed by atoms with E-state index >= 15 is 0 Å². The van der Waals surface area contributed by atoms with Crippen LogP contribution in [0, 0.1) is 17.0 Å². The van der Waals surface area contributed by atoms with Gasteiger partial charge in [0, 0.05) is 12.1 Å². The van der Waals surface area contributed by atoms with Crippen LogP contribution in [0.2, 0.25) is 0 Å². The number of benzene rings is 2. The van der Waals surface area contributed by atoms with E-state index in [9.17, 15) is 24.5 Å². The Kier molecular flexibility index (Phi) is 5.16. The van der Waals surface area contributed by atoms with Gasteiger partial charge < -0.3 is 14.5 Å². The van der Waals surface area contributed by atoms with Gasteiger partial charge in [0.15, 0.2) is 12.0 Å². The molecule has 0 fully saturated rings. The number of carbonyl (C=O) groups is 2. The Labute approximate surface area is 157 Å². The summed E-state index contributed by atoms with van der Waals surface area (Å²) < 4.78 is 10.2. The molecule has 1 heterocycles. The first-order chi connectivity index (χ1) is 13.3. The van der Waals surface area contributed by atoms with Gasteiger partial charge >= 0.3 is 5.97 Å². The Morgan fingerprint density at radius 2 is 1.93 bits per heavy atom. The number of para-hydroxylation sites is 2. The van der Waals surface area contributed by atoms with Gasteiger partial charge in [0.05, 0.1) is 10.3 Å². The number of anilines is 1. The average Bonchev–Trinajstić information content (AvgIpc) is 2.66. The fraction of sp³-hybridized carbons (Fsp3) is 0.105. The smallest absolute Gasteiger partial charge is 0.374 e. The summed E-state index contributed by atoms with van der Waals surface area (Å²) in [5.41, 5.74) is 0.344. The molecule has 0 saturated heterocycles. The Morgan fingerprint density at radius 1 is 1.18 bits per heavy atom. The zero-order chi connectivity index (χ0) is 20.3. The number of esters is 1. The fourth-order valence-corrected chi connectivity index (χ4v) is 2.50. The minimum absolute atomic E-state index is 0.0267. The molecule has 9 heteroatoms. The lowest BCUT2D eigenvalue weighted by molar-refractivity contribution is -0.383. The van der Waals surface area contributed by atoms with Crippen molar-refractivity contribution < 1.29 is 23.7 Å². The topological polar surface area (TPSA) is 129 Å². The van der Waals surface area contributed by atoms with E-state index < -0.39 is 28.8 Å². The number of nitro groups is 1. The molecule has 0 atom stereocenters. The Morgan fingerprint density at radius 3 is 2.68 bits per heavy atom. The predicted octanol–water partition coefficient (Wildman–Crippen LogP) is 2.81. The van der Waals surface area contributed by atoms with Crippen LogP contribution in [0.4, 0.5) is 11.4 Å². The normalized spacial score (nSPS) is 10.5. The lowest BCUT2D eigenvalue weighted by atomic mass is 10.1. The maximum absolute atomic E-state index is 12.1. The third kappa shape index (κ3) is 4.04. The molecule has 0 aliphatic heterocycles. The minimum Gasteiger partial charge on any atom is -0.450 e. The van der Waals surface area contributed by atoms with Crippen LogP contribution in [0.25, 0.3) is 11.0 Å². The number of ether oxygens (including phenoxy) is 1. The van der Waals surface area contributed by atoms with E-state index in [1.165, 1.54) is 24.3 Å². The molecule has 2 aromatic carbocycles. The SMILES string of the molecule is Cc1ccc2oc(C(=O)OCC(=O)Nc3ccccc3[N+](=O)[O-])cc(=O)c2c1. The number of aryl methyl sites for hydroxylation is 1. The van der Waals surface area contributed by atoms with E-state index in [2.05, 4.69) is 5.32 Å². The van der Waals surface area contributed by atoms with Crippen molar-refractivity contribution in [3.05, 3.63) is 80.2 Å². The number of nitrogens with zero attached hydrogens (tertiary/aromatic N) is 1. The number of amides is 1. The molecule has 28 heavy (non-hydrogen) atoms. The lowest BCUT2D eigenvalue weighted by Crippen LogP contribution is -2.22. The highest BCUT2D eigenvalue weighted by Gasteiger charge is 2.18. The highest BCUT2D eigenvalue weighted by molar-refractivity contribution is 5.96. The largest absolute Gasteiger partial charge is 0.450 e. The third-order valence-corrected chi connectivity index (χ3v) is 3.79. The van der Waals surface area contributed by atoms with Crippen molar-refractivity contribution in [1.82, 2.24) is 0 Å². The van der Waals surface area contributed by atoms with Crippen molar-refractivity contribution in [2.24, 2.45) is 0 Å². The number of rotatable bonds is 5. The van der Waals surface area contributed by atoms with Gasteiger partial charge in [-0.15, -0.1) is 0 Å². The first-order valence-corrected chi connectivity index (χ1v) is 8.10. The number of hydrogen-bond acceptors (Lipinski definition) is 7.